The van der Waals surface area contributed by atoms with E-state index in [9.17, 15) is 14.9 Å². The number of anilines is 1. The Labute approximate surface area is 186 Å². The standard InChI is InChI=1S/C26H22N2O4/c1-17-4-9-20(10-5-17)26(30)32-23-13-8-19(15-24(23)31-3)14-21(16-27)25(29)28-22-11-6-18(2)7-12-22/h4-15H,1-3H3,(H,28,29)/b21-14+. The van der Waals surface area contributed by atoms with Crippen molar-refractivity contribution in [3.8, 4) is 17.6 Å². The van der Waals surface area contributed by atoms with Gasteiger partial charge in [0.15, 0.2) is 11.5 Å². The van der Waals surface area contributed by atoms with Gasteiger partial charge in [-0.15, -0.1) is 0 Å². The summed E-state index contributed by atoms with van der Waals surface area (Å²) in [6.07, 6.45) is 1.44. The zero-order valence-corrected chi connectivity index (χ0v) is 18.0. The van der Waals surface area contributed by atoms with E-state index in [4.69, 9.17) is 9.47 Å². The van der Waals surface area contributed by atoms with Gasteiger partial charge in [0.2, 0.25) is 0 Å². The lowest BCUT2D eigenvalue weighted by atomic mass is 10.1. The highest BCUT2D eigenvalue weighted by molar-refractivity contribution is 6.09. The van der Waals surface area contributed by atoms with Crippen LogP contribution in [0.2, 0.25) is 0 Å². The molecule has 0 aliphatic carbocycles. The van der Waals surface area contributed by atoms with Crippen LogP contribution in [0.15, 0.2) is 72.3 Å². The number of benzene rings is 3. The number of rotatable bonds is 6. The molecule has 0 atom stereocenters. The predicted molar refractivity (Wildman–Crippen MR) is 123 cm³/mol. The van der Waals surface area contributed by atoms with Crippen LogP contribution in [-0.2, 0) is 4.79 Å². The third-order valence-corrected chi connectivity index (χ3v) is 4.66. The minimum absolute atomic E-state index is 0.0722. The van der Waals surface area contributed by atoms with Gasteiger partial charge in [-0.2, -0.15) is 5.26 Å². The molecule has 6 nitrogen and oxygen atoms in total. The summed E-state index contributed by atoms with van der Waals surface area (Å²) >= 11 is 0. The number of hydrogen-bond acceptors (Lipinski definition) is 5. The first kappa shape index (κ1) is 22.3. The van der Waals surface area contributed by atoms with Crippen LogP contribution in [0, 0.1) is 25.2 Å². The second kappa shape index (κ2) is 10.1. The highest BCUT2D eigenvalue weighted by atomic mass is 16.6. The van der Waals surface area contributed by atoms with Crippen LogP contribution < -0.4 is 14.8 Å². The van der Waals surface area contributed by atoms with Crippen molar-refractivity contribution in [3.63, 3.8) is 0 Å². The molecule has 0 aliphatic rings. The Kier molecular flexibility index (Phi) is 7.04. The van der Waals surface area contributed by atoms with Crippen LogP contribution >= 0.6 is 0 Å². The molecule has 1 N–H and O–H groups in total. The van der Waals surface area contributed by atoms with Gasteiger partial charge in [-0.3, -0.25) is 4.79 Å². The normalized spacial score (nSPS) is 10.8. The minimum atomic E-state index is -0.523. The average molecular weight is 426 g/mol. The summed E-state index contributed by atoms with van der Waals surface area (Å²) in [5.74, 6) is -0.500. The van der Waals surface area contributed by atoms with Crippen LogP contribution in [-0.4, -0.2) is 19.0 Å². The van der Waals surface area contributed by atoms with Crippen molar-refractivity contribution >= 4 is 23.6 Å². The van der Waals surface area contributed by atoms with Gasteiger partial charge in [-0.1, -0.05) is 41.5 Å². The van der Waals surface area contributed by atoms with Crippen LogP contribution in [0.3, 0.4) is 0 Å². The number of methoxy groups -OCH3 is 1. The average Bonchev–Trinajstić information content (AvgIpc) is 2.80. The van der Waals surface area contributed by atoms with Crippen molar-refractivity contribution in [1.29, 1.82) is 5.26 Å². The van der Waals surface area contributed by atoms with Gasteiger partial charge in [0.05, 0.1) is 12.7 Å². The number of nitrogens with zero attached hydrogens (tertiary/aromatic N) is 1. The van der Waals surface area contributed by atoms with Gasteiger partial charge in [0.1, 0.15) is 11.6 Å². The maximum absolute atomic E-state index is 12.5. The maximum atomic E-state index is 12.5. The van der Waals surface area contributed by atoms with Crippen LogP contribution in [0.25, 0.3) is 6.08 Å². The Balaban J connectivity index is 1.78. The number of nitrogens with one attached hydrogen (secondary N) is 1. The fourth-order valence-corrected chi connectivity index (χ4v) is 2.86. The smallest absolute Gasteiger partial charge is 0.343 e. The molecule has 0 fully saturated rings. The summed E-state index contributed by atoms with van der Waals surface area (Å²) in [5, 5.41) is 12.1. The lowest BCUT2D eigenvalue weighted by molar-refractivity contribution is -0.112. The molecule has 3 rings (SSSR count). The van der Waals surface area contributed by atoms with E-state index in [0.717, 1.165) is 11.1 Å². The predicted octanol–water partition coefficient (Wildman–Crippen LogP) is 5.08. The second-order valence-corrected chi connectivity index (χ2v) is 7.16. The van der Waals surface area contributed by atoms with E-state index in [1.807, 2.05) is 44.2 Å². The molecule has 3 aromatic carbocycles. The number of nitriles is 1. The Morgan fingerprint density at radius 3 is 2.12 bits per heavy atom. The van der Waals surface area contributed by atoms with Crippen molar-refractivity contribution in [2.45, 2.75) is 13.8 Å². The van der Waals surface area contributed by atoms with Crippen LogP contribution in [0.5, 0.6) is 11.5 Å². The quantitative estimate of drug-likeness (QED) is 0.257. The van der Waals surface area contributed by atoms with Crippen molar-refractivity contribution in [2.75, 3.05) is 12.4 Å². The molecule has 32 heavy (non-hydrogen) atoms. The summed E-state index contributed by atoms with van der Waals surface area (Å²) in [7, 11) is 1.45. The zero-order chi connectivity index (χ0) is 23.1. The molecule has 0 saturated carbocycles. The topological polar surface area (TPSA) is 88.4 Å². The SMILES string of the molecule is COc1cc(/C=C(\C#N)C(=O)Nc2ccc(C)cc2)ccc1OC(=O)c1ccc(C)cc1. The number of hydrogen-bond donors (Lipinski definition) is 1. The maximum Gasteiger partial charge on any atom is 0.343 e. The molecule has 0 heterocycles. The largest absolute Gasteiger partial charge is 0.493 e. The molecule has 0 spiro atoms. The first-order valence-electron chi connectivity index (χ1n) is 9.86. The molecular weight excluding hydrogens is 404 g/mol. The van der Waals surface area contributed by atoms with Crippen molar-refractivity contribution in [1.82, 2.24) is 0 Å². The van der Waals surface area contributed by atoms with Gasteiger partial charge in [0.25, 0.3) is 5.91 Å². The van der Waals surface area contributed by atoms with Crippen molar-refractivity contribution < 1.29 is 19.1 Å². The molecular formula is C26H22N2O4. The van der Waals surface area contributed by atoms with Gasteiger partial charge in [-0.05, 0) is 61.9 Å². The molecule has 3 aromatic rings. The van der Waals surface area contributed by atoms with E-state index in [0.29, 0.717) is 22.6 Å². The molecule has 0 unspecified atom stereocenters. The Bertz CT molecular complexity index is 1200. The summed E-state index contributed by atoms with van der Waals surface area (Å²) in [6, 6.07) is 21.0. The third-order valence-electron chi connectivity index (χ3n) is 4.66. The van der Waals surface area contributed by atoms with Gasteiger partial charge >= 0.3 is 5.97 Å². The molecule has 0 aliphatic heterocycles. The molecule has 0 saturated heterocycles. The van der Waals surface area contributed by atoms with E-state index in [2.05, 4.69) is 5.32 Å². The second-order valence-electron chi connectivity index (χ2n) is 7.16. The number of carbonyl (C=O) groups excluding carboxylic acids is 2. The fourth-order valence-electron chi connectivity index (χ4n) is 2.86. The summed E-state index contributed by atoms with van der Waals surface area (Å²) in [6.45, 7) is 3.88. The first-order chi connectivity index (χ1) is 15.4. The van der Waals surface area contributed by atoms with E-state index in [-0.39, 0.29) is 11.3 Å². The fraction of sp³-hybridized carbons (Fsp3) is 0.115. The van der Waals surface area contributed by atoms with E-state index in [1.54, 1.807) is 42.5 Å². The molecule has 1 amide bonds. The zero-order valence-electron chi connectivity index (χ0n) is 18.0. The first-order valence-corrected chi connectivity index (χ1v) is 9.86. The molecule has 6 heteroatoms. The Morgan fingerprint density at radius 1 is 0.906 bits per heavy atom. The summed E-state index contributed by atoms with van der Waals surface area (Å²) in [5.41, 5.74) is 3.59. The van der Waals surface area contributed by atoms with E-state index in [1.165, 1.54) is 13.2 Å². The third kappa shape index (κ3) is 5.61. The lowest BCUT2D eigenvalue weighted by Gasteiger charge is -2.10. The van der Waals surface area contributed by atoms with Crippen molar-refractivity contribution in [3.05, 3.63) is 94.6 Å². The van der Waals surface area contributed by atoms with Gasteiger partial charge in [0, 0.05) is 5.69 Å². The van der Waals surface area contributed by atoms with E-state index >= 15 is 0 Å². The minimum Gasteiger partial charge on any atom is -0.493 e. The van der Waals surface area contributed by atoms with Crippen LogP contribution in [0.1, 0.15) is 27.0 Å². The highest BCUT2D eigenvalue weighted by Crippen LogP contribution is 2.30. The van der Waals surface area contributed by atoms with E-state index < -0.39 is 11.9 Å². The summed E-state index contributed by atoms with van der Waals surface area (Å²) < 4.78 is 10.8. The monoisotopic (exact) mass is 426 g/mol. The Hall–Kier alpha value is -4.37. The van der Waals surface area contributed by atoms with Crippen molar-refractivity contribution in [2.24, 2.45) is 0 Å². The Morgan fingerprint density at radius 2 is 1.53 bits per heavy atom. The molecule has 0 aromatic heterocycles. The molecule has 160 valence electrons. The highest BCUT2D eigenvalue weighted by Gasteiger charge is 2.14. The number of aryl methyl sites for hydroxylation is 2. The van der Waals surface area contributed by atoms with Crippen LogP contribution in [0.4, 0.5) is 5.69 Å². The molecule has 0 radical (unpaired) electrons. The van der Waals surface area contributed by atoms with Gasteiger partial charge in [-0.25, -0.2) is 4.79 Å². The number of carbonyl (C=O) groups is 2. The van der Waals surface area contributed by atoms with Gasteiger partial charge < -0.3 is 14.8 Å². The number of ether oxygens (including phenoxy) is 2. The number of esters is 1. The molecule has 0 bridgehead atoms. The lowest BCUT2D eigenvalue weighted by Crippen LogP contribution is -2.13. The summed E-state index contributed by atoms with van der Waals surface area (Å²) in [4.78, 5) is 24.9. The number of amides is 1.